The molecule has 0 fully saturated rings. The number of aldehydes is 1. The highest BCUT2D eigenvalue weighted by molar-refractivity contribution is 5.85. The van der Waals surface area contributed by atoms with Gasteiger partial charge in [0, 0.05) is 5.56 Å². The highest BCUT2D eigenvalue weighted by Gasteiger charge is 2.07. The first-order valence-corrected chi connectivity index (χ1v) is 4.79. The number of hydrogen-bond acceptors (Lipinski definition) is 3. The van der Waals surface area contributed by atoms with E-state index in [0.29, 0.717) is 11.8 Å². The summed E-state index contributed by atoms with van der Waals surface area (Å²) >= 11 is 0. The number of aromatic hydroxyl groups is 2. The van der Waals surface area contributed by atoms with Gasteiger partial charge in [0.2, 0.25) is 0 Å². The quantitative estimate of drug-likeness (QED) is 0.755. The molecule has 0 spiro atoms. The van der Waals surface area contributed by atoms with Gasteiger partial charge in [-0.2, -0.15) is 0 Å². The van der Waals surface area contributed by atoms with Crippen molar-refractivity contribution in [2.45, 2.75) is 0 Å². The lowest BCUT2D eigenvalue weighted by molar-refractivity contribution is 0.112. The maximum Gasteiger partial charge on any atom is 0.153 e. The van der Waals surface area contributed by atoms with Crippen LogP contribution in [0.4, 0.5) is 0 Å². The lowest BCUT2D eigenvalue weighted by Gasteiger charge is -2.06. The molecule has 2 aromatic rings. The second-order valence-electron chi connectivity index (χ2n) is 3.41. The van der Waals surface area contributed by atoms with Crippen LogP contribution in [0, 0.1) is 0 Å². The Morgan fingerprint density at radius 2 is 1.62 bits per heavy atom. The summed E-state index contributed by atoms with van der Waals surface area (Å²) < 4.78 is 0. The average molecular weight is 214 g/mol. The van der Waals surface area contributed by atoms with Crippen LogP contribution in [0.1, 0.15) is 10.4 Å². The monoisotopic (exact) mass is 214 g/mol. The topological polar surface area (TPSA) is 57.5 Å². The Labute approximate surface area is 92.6 Å². The van der Waals surface area contributed by atoms with Gasteiger partial charge >= 0.3 is 0 Å². The molecule has 0 aliphatic rings. The third kappa shape index (κ3) is 1.75. The molecular weight excluding hydrogens is 204 g/mol. The van der Waals surface area contributed by atoms with E-state index >= 15 is 0 Å². The van der Waals surface area contributed by atoms with Crippen LogP contribution < -0.4 is 0 Å². The Kier molecular flexibility index (Phi) is 2.60. The molecule has 3 nitrogen and oxygen atoms in total. The Bertz CT molecular complexity index is 515. The fourth-order valence-corrected chi connectivity index (χ4v) is 1.53. The lowest BCUT2D eigenvalue weighted by Crippen LogP contribution is -1.85. The van der Waals surface area contributed by atoms with Gasteiger partial charge in [0.25, 0.3) is 0 Å². The van der Waals surface area contributed by atoms with Gasteiger partial charge in [-0.05, 0) is 23.8 Å². The Morgan fingerprint density at radius 1 is 0.938 bits per heavy atom. The highest BCUT2D eigenvalue weighted by Crippen LogP contribution is 2.31. The van der Waals surface area contributed by atoms with Gasteiger partial charge in [-0.25, -0.2) is 0 Å². The molecule has 0 saturated carbocycles. The fraction of sp³-hybridized carbons (Fsp3) is 0. The number of hydrogen-bond donors (Lipinski definition) is 2. The zero-order chi connectivity index (χ0) is 11.5. The van der Waals surface area contributed by atoms with Crippen LogP contribution in [0.3, 0.4) is 0 Å². The summed E-state index contributed by atoms with van der Waals surface area (Å²) in [5.74, 6) is 0.123. The van der Waals surface area contributed by atoms with Gasteiger partial charge in [-0.1, -0.05) is 24.3 Å². The summed E-state index contributed by atoms with van der Waals surface area (Å²) in [5, 5.41) is 19.0. The summed E-state index contributed by atoms with van der Waals surface area (Å²) in [7, 11) is 0. The van der Waals surface area contributed by atoms with Gasteiger partial charge in [0.15, 0.2) is 6.29 Å². The standard InChI is InChI=1S/C13H10O3/c14-8-10-2-1-3-12(13(10)16)9-4-6-11(15)7-5-9/h1-8,15-16H. The van der Waals surface area contributed by atoms with Crippen molar-refractivity contribution < 1.29 is 15.0 Å². The molecule has 0 aromatic heterocycles. The first-order valence-electron chi connectivity index (χ1n) is 4.79. The molecule has 16 heavy (non-hydrogen) atoms. The number of phenolic OH excluding ortho intramolecular Hbond substituents is 2. The SMILES string of the molecule is O=Cc1cccc(-c2ccc(O)cc2)c1O. The molecule has 0 saturated heterocycles. The van der Waals surface area contributed by atoms with Gasteiger partial charge < -0.3 is 10.2 Å². The van der Waals surface area contributed by atoms with E-state index in [1.807, 2.05) is 0 Å². The summed E-state index contributed by atoms with van der Waals surface area (Å²) in [6.07, 6.45) is 0.610. The minimum atomic E-state index is -0.0387. The summed E-state index contributed by atoms with van der Waals surface area (Å²) in [5.41, 5.74) is 1.58. The van der Waals surface area contributed by atoms with E-state index in [1.165, 1.54) is 12.1 Å². The molecule has 0 amide bonds. The third-order valence-corrected chi connectivity index (χ3v) is 2.37. The van der Waals surface area contributed by atoms with Crippen molar-refractivity contribution in [3.05, 3.63) is 48.0 Å². The number of phenols is 2. The van der Waals surface area contributed by atoms with Gasteiger partial charge in [0.05, 0.1) is 5.56 Å². The molecule has 2 N–H and O–H groups in total. The Balaban J connectivity index is 2.56. The predicted molar refractivity (Wildman–Crippen MR) is 60.6 cm³/mol. The number of carbonyl (C=O) groups excluding carboxylic acids is 1. The van der Waals surface area contributed by atoms with Crippen LogP contribution in [-0.4, -0.2) is 16.5 Å². The summed E-state index contributed by atoms with van der Waals surface area (Å²) in [6.45, 7) is 0. The van der Waals surface area contributed by atoms with E-state index in [4.69, 9.17) is 5.11 Å². The van der Waals surface area contributed by atoms with Crippen molar-refractivity contribution in [3.8, 4) is 22.6 Å². The number of rotatable bonds is 2. The largest absolute Gasteiger partial charge is 0.508 e. The van der Waals surface area contributed by atoms with Crippen molar-refractivity contribution in [3.63, 3.8) is 0 Å². The van der Waals surface area contributed by atoms with E-state index in [1.54, 1.807) is 30.3 Å². The van der Waals surface area contributed by atoms with Gasteiger partial charge in [-0.15, -0.1) is 0 Å². The zero-order valence-corrected chi connectivity index (χ0v) is 8.42. The molecule has 2 rings (SSSR count). The first kappa shape index (κ1) is 10.2. The van der Waals surface area contributed by atoms with E-state index in [-0.39, 0.29) is 17.1 Å². The first-order chi connectivity index (χ1) is 7.72. The van der Waals surface area contributed by atoms with Crippen molar-refractivity contribution in [2.24, 2.45) is 0 Å². The molecule has 3 heteroatoms. The van der Waals surface area contributed by atoms with E-state index in [2.05, 4.69) is 0 Å². The van der Waals surface area contributed by atoms with Crippen LogP contribution in [0.2, 0.25) is 0 Å². The summed E-state index contributed by atoms with van der Waals surface area (Å²) in [4.78, 5) is 10.7. The highest BCUT2D eigenvalue weighted by atomic mass is 16.3. The third-order valence-electron chi connectivity index (χ3n) is 2.37. The molecule has 0 atom stereocenters. The van der Waals surface area contributed by atoms with E-state index in [9.17, 15) is 9.90 Å². The van der Waals surface area contributed by atoms with E-state index < -0.39 is 0 Å². The molecule has 0 aliphatic carbocycles. The van der Waals surface area contributed by atoms with Crippen LogP contribution in [-0.2, 0) is 0 Å². The maximum absolute atomic E-state index is 10.7. The van der Waals surface area contributed by atoms with Crippen LogP contribution in [0.25, 0.3) is 11.1 Å². The van der Waals surface area contributed by atoms with Crippen LogP contribution in [0.5, 0.6) is 11.5 Å². The molecule has 0 radical (unpaired) electrons. The smallest absolute Gasteiger partial charge is 0.153 e. The number of carbonyl (C=O) groups is 1. The second kappa shape index (κ2) is 4.06. The molecule has 0 bridgehead atoms. The van der Waals surface area contributed by atoms with Crippen molar-refractivity contribution >= 4 is 6.29 Å². The van der Waals surface area contributed by atoms with E-state index in [0.717, 1.165) is 5.56 Å². The van der Waals surface area contributed by atoms with Crippen molar-refractivity contribution in [1.29, 1.82) is 0 Å². The minimum Gasteiger partial charge on any atom is -0.508 e. The van der Waals surface area contributed by atoms with Crippen molar-refractivity contribution in [1.82, 2.24) is 0 Å². The Hall–Kier alpha value is -2.29. The maximum atomic E-state index is 10.7. The fourth-order valence-electron chi connectivity index (χ4n) is 1.53. The normalized spacial score (nSPS) is 10.0. The number of benzene rings is 2. The molecule has 2 aromatic carbocycles. The second-order valence-corrected chi connectivity index (χ2v) is 3.41. The summed E-state index contributed by atoms with van der Waals surface area (Å²) in [6, 6.07) is 11.4. The van der Waals surface area contributed by atoms with Crippen molar-refractivity contribution in [2.75, 3.05) is 0 Å². The average Bonchev–Trinajstić information content (AvgIpc) is 2.31. The Morgan fingerprint density at radius 3 is 2.25 bits per heavy atom. The van der Waals surface area contributed by atoms with Gasteiger partial charge in [-0.3, -0.25) is 4.79 Å². The molecule has 0 unspecified atom stereocenters. The zero-order valence-electron chi connectivity index (χ0n) is 8.42. The number of para-hydroxylation sites is 1. The lowest BCUT2D eigenvalue weighted by atomic mass is 10.0. The molecule has 0 heterocycles. The molecule has 80 valence electrons. The van der Waals surface area contributed by atoms with Crippen LogP contribution in [0.15, 0.2) is 42.5 Å². The predicted octanol–water partition coefficient (Wildman–Crippen LogP) is 2.58. The van der Waals surface area contributed by atoms with Gasteiger partial charge in [0.1, 0.15) is 11.5 Å². The minimum absolute atomic E-state index is 0.0387. The van der Waals surface area contributed by atoms with Crippen LogP contribution >= 0.6 is 0 Å². The molecule has 0 aliphatic heterocycles. The molecular formula is C13H10O3.